The molecule has 1 atom stereocenters. The summed E-state index contributed by atoms with van der Waals surface area (Å²) in [5.41, 5.74) is 7.48. The van der Waals surface area contributed by atoms with Gasteiger partial charge in [0.15, 0.2) is 0 Å². The van der Waals surface area contributed by atoms with Gasteiger partial charge in [0.25, 0.3) is 0 Å². The number of thioether (sulfide) groups is 1. The lowest BCUT2D eigenvalue weighted by Crippen LogP contribution is -2.27. The van der Waals surface area contributed by atoms with Crippen LogP contribution < -0.4 is 5.73 Å². The zero-order valence-electron chi connectivity index (χ0n) is 8.58. The molecule has 2 aliphatic heterocycles. The molecule has 1 unspecified atom stereocenters. The van der Waals surface area contributed by atoms with Gasteiger partial charge in [-0.05, 0) is 42.3 Å². The van der Waals surface area contributed by atoms with Crippen molar-refractivity contribution < 1.29 is 4.74 Å². The van der Waals surface area contributed by atoms with Crippen molar-refractivity contribution in [3.8, 4) is 0 Å². The summed E-state index contributed by atoms with van der Waals surface area (Å²) >= 11 is 2.08. The number of hydrogen-bond donors (Lipinski definition) is 1. The van der Waals surface area contributed by atoms with Gasteiger partial charge < -0.3 is 10.5 Å². The molecule has 2 rings (SSSR count). The average molecular weight is 213 g/mol. The van der Waals surface area contributed by atoms with E-state index in [4.69, 9.17) is 10.5 Å². The molecule has 80 valence electrons. The Bertz CT molecular complexity index is 211. The van der Waals surface area contributed by atoms with E-state index in [1.165, 1.54) is 29.9 Å². The average Bonchev–Trinajstić information content (AvgIpc) is 2.72. The van der Waals surface area contributed by atoms with Gasteiger partial charge in [0.05, 0.1) is 12.9 Å². The van der Waals surface area contributed by atoms with Gasteiger partial charge in [0.2, 0.25) is 0 Å². The summed E-state index contributed by atoms with van der Waals surface area (Å²) in [7, 11) is 0. The third-order valence-corrected chi connectivity index (χ3v) is 4.20. The molecule has 14 heavy (non-hydrogen) atoms. The van der Waals surface area contributed by atoms with E-state index in [9.17, 15) is 0 Å². The summed E-state index contributed by atoms with van der Waals surface area (Å²) < 4.78 is 5.22. The molecule has 0 aromatic rings. The molecule has 2 heterocycles. The first-order valence-corrected chi connectivity index (χ1v) is 6.65. The molecule has 0 saturated carbocycles. The predicted octanol–water partition coefficient (Wildman–Crippen LogP) is 2.15. The van der Waals surface area contributed by atoms with Gasteiger partial charge in [-0.15, -0.1) is 0 Å². The highest BCUT2D eigenvalue weighted by atomic mass is 32.2. The van der Waals surface area contributed by atoms with Crippen LogP contribution in [0.3, 0.4) is 0 Å². The monoisotopic (exact) mass is 213 g/mol. The van der Waals surface area contributed by atoms with Gasteiger partial charge in [-0.2, -0.15) is 11.8 Å². The molecule has 3 heteroatoms. The first-order chi connectivity index (χ1) is 6.86. The smallest absolute Gasteiger partial charge is 0.0912 e. The predicted molar refractivity (Wildman–Crippen MR) is 61.3 cm³/mol. The van der Waals surface area contributed by atoms with Crippen LogP contribution in [0.2, 0.25) is 0 Å². The van der Waals surface area contributed by atoms with Crippen molar-refractivity contribution >= 4 is 11.8 Å². The lowest BCUT2D eigenvalue weighted by Gasteiger charge is -2.24. The summed E-state index contributed by atoms with van der Waals surface area (Å²) in [4.78, 5) is 0. The molecule has 1 fully saturated rings. The van der Waals surface area contributed by atoms with Crippen molar-refractivity contribution in [2.75, 3.05) is 18.1 Å². The fourth-order valence-corrected chi connectivity index (χ4v) is 3.37. The molecule has 0 amide bonds. The van der Waals surface area contributed by atoms with Crippen LogP contribution in [0.5, 0.6) is 0 Å². The van der Waals surface area contributed by atoms with Crippen LogP contribution in [0.15, 0.2) is 11.8 Å². The molecule has 0 aliphatic carbocycles. The Hall–Kier alpha value is -0.150. The van der Waals surface area contributed by atoms with E-state index in [0.717, 1.165) is 25.4 Å². The molecule has 2 N–H and O–H groups in total. The van der Waals surface area contributed by atoms with E-state index in [0.29, 0.717) is 0 Å². The summed E-state index contributed by atoms with van der Waals surface area (Å²) in [5.74, 6) is 3.51. The molecule has 0 radical (unpaired) electrons. The van der Waals surface area contributed by atoms with Crippen LogP contribution in [-0.4, -0.2) is 24.2 Å². The number of hydrogen-bond acceptors (Lipinski definition) is 3. The molecular weight excluding hydrogens is 194 g/mol. The maximum absolute atomic E-state index is 6.15. The van der Waals surface area contributed by atoms with E-state index >= 15 is 0 Å². The molecule has 2 nitrogen and oxygen atoms in total. The van der Waals surface area contributed by atoms with Gasteiger partial charge >= 0.3 is 0 Å². The van der Waals surface area contributed by atoms with Crippen molar-refractivity contribution in [1.29, 1.82) is 0 Å². The molecule has 0 aromatic heterocycles. The van der Waals surface area contributed by atoms with Crippen LogP contribution in [-0.2, 0) is 4.74 Å². The van der Waals surface area contributed by atoms with Crippen molar-refractivity contribution in [3.63, 3.8) is 0 Å². The van der Waals surface area contributed by atoms with Crippen molar-refractivity contribution in [1.82, 2.24) is 0 Å². The first kappa shape index (κ1) is 10.4. The van der Waals surface area contributed by atoms with E-state index in [1.54, 1.807) is 0 Å². The van der Waals surface area contributed by atoms with Crippen LogP contribution in [0.25, 0.3) is 0 Å². The summed E-state index contributed by atoms with van der Waals surface area (Å²) in [6.45, 7) is 0.837. The maximum atomic E-state index is 6.15. The van der Waals surface area contributed by atoms with E-state index in [2.05, 4.69) is 11.8 Å². The Balaban J connectivity index is 1.77. The number of ether oxygens (including phenoxy) is 1. The normalized spacial score (nSPS) is 25.6. The second kappa shape index (κ2) is 5.08. The number of nitrogens with two attached hydrogens (primary N) is 1. The Morgan fingerprint density at radius 3 is 2.93 bits per heavy atom. The van der Waals surface area contributed by atoms with Gasteiger partial charge in [-0.1, -0.05) is 0 Å². The standard InChI is InChI=1S/C11H19NOS/c12-11(10-1-4-13-8-10)7-9-2-5-14-6-3-9/h8-9,11H,1-7,12H2. The molecule has 0 spiro atoms. The lowest BCUT2D eigenvalue weighted by atomic mass is 9.91. The van der Waals surface area contributed by atoms with Gasteiger partial charge in [-0.25, -0.2) is 0 Å². The molecule has 1 saturated heterocycles. The first-order valence-electron chi connectivity index (χ1n) is 5.50. The van der Waals surface area contributed by atoms with Crippen LogP contribution in [0, 0.1) is 5.92 Å². The minimum Gasteiger partial charge on any atom is -0.501 e. The third-order valence-electron chi connectivity index (χ3n) is 3.15. The van der Waals surface area contributed by atoms with Crippen LogP contribution >= 0.6 is 11.8 Å². The topological polar surface area (TPSA) is 35.2 Å². The molecule has 0 aromatic carbocycles. The van der Waals surface area contributed by atoms with Gasteiger partial charge in [0, 0.05) is 12.5 Å². The fraction of sp³-hybridized carbons (Fsp3) is 0.818. The molecular formula is C11H19NOS. The van der Waals surface area contributed by atoms with Crippen molar-refractivity contribution in [2.24, 2.45) is 11.7 Å². The van der Waals surface area contributed by atoms with E-state index in [-0.39, 0.29) is 6.04 Å². The minimum absolute atomic E-state index is 0.255. The Kier molecular flexibility index (Phi) is 3.76. The van der Waals surface area contributed by atoms with E-state index in [1.807, 2.05) is 6.26 Å². The summed E-state index contributed by atoms with van der Waals surface area (Å²) in [5, 5.41) is 0. The maximum Gasteiger partial charge on any atom is 0.0912 e. The van der Waals surface area contributed by atoms with Crippen molar-refractivity contribution in [2.45, 2.75) is 31.7 Å². The van der Waals surface area contributed by atoms with Crippen LogP contribution in [0.4, 0.5) is 0 Å². The minimum atomic E-state index is 0.255. The van der Waals surface area contributed by atoms with E-state index < -0.39 is 0 Å². The summed E-state index contributed by atoms with van der Waals surface area (Å²) in [6.07, 6.45) is 6.79. The largest absolute Gasteiger partial charge is 0.501 e. The van der Waals surface area contributed by atoms with Gasteiger partial charge in [0.1, 0.15) is 0 Å². The van der Waals surface area contributed by atoms with Crippen LogP contribution in [0.1, 0.15) is 25.7 Å². The Morgan fingerprint density at radius 2 is 2.29 bits per heavy atom. The highest BCUT2D eigenvalue weighted by Crippen LogP contribution is 2.28. The van der Waals surface area contributed by atoms with Crippen molar-refractivity contribution in [3.05, 3.63) is 11.8 Å². The third kappa shape index (κ3) is 2.67. The second-order valence-corrected chi connectivity index (χ2v) is 5.44. The van der Waals surface area contributed by atoms with Gasteiger partial charge in [-0.3, -0.25) is 0 Å². The molecule has 0 bridgehead atoms. The summed E-state index contributed by atoms with van der Waals surface area (Å²) in [6, 6.07) is 0.255. The fourth-order valence-electron chi connectivity index (χ4n) is 2.17. The zero-order chi connectivity index (χ0) is 9.80. The Morgan fingerprint density at radius 1 is 1.50 bits per heavy atom. The Labute approximate surface area is 90.3 Å². The zero-order valence-corrected chi connectivity index (χ0v) is 9.39. The lowest BCUT2D eigenvalue weighted by molar-refractivity contribution is 0.281. The highest BCUT2D eigenvalue weighted by molar-refractivity contribution is 7.99. The number of rotatable bonds is 3. The highest BCUT2D eigenvalue weighted by Gasteiger charge is 2.20. The second-order valence-electron chi connectivity index (χ2n) is 4.21. The quantitative estimate of drug-likeness (QED) is 0.780. The SMILES string of the molecule is NC(CC1CCSCC1)C1=COCC1. The molecule has 2 aliphatic rings.